The SMILES string of the molecule is CCNC(=NCc1ccnn1C)NCC1(c2ccccc2)CCOCC1.I. The summed E-state index contributed by atoms with van der Waals surface area (Å²) in [4.78, 5) is 4.73. The summed E-state index contributed by atoms with van der Waals surface area (Å²) < 4.78 is 7.48. The molecule has 1 saturated heterocycles. The van der Waals surface area contributed by atoms with Crippen molar-refractivity contribution in [2.24, 2.45) is 12.0 Å². The van der Waals surface area contributed by atoms with E-state index in [4.69, 9.17) is 9.73 Å². The highest BCUT2D eigenvalue weighted by Gasteiger charge is 2.34. The van der Waals surface area contributed by atoms with Crippen molar-refractivity contribution >= 4 is 29.9 Å². The predicted molar refractivity (Wildman–Crippen MR) is 120 cm³/mol. The zero-order valence-electron chi connectivity index (χ0n) is 16.1. The number of aromatic nitrogens is 2. The first kappa shape index (κ1) is 21.7. The summed E-state index contributed by atoms with van der Waals surface area (Å²) in [6, 6.07) is 12.8. The Bertz CT molecular complexity index is 710. The number of benzene rings is 1. The summed E-state index contributed by atoms with van der Waals surface area (Å²) in [5.74, 6) is 0.843. The summed E-state index contributed by atoms with van der Waals surface area (Å²) in [7, 11) is 1.94. The molecular weight excluding hydrogens is 453 g/mol. The van der Waals surface area contributed by atoms with Crippen molar-refractivity contribution in [3.05, 3.63) is 53.9 Å². The molecule has 1 fully saturated rings. The highest BCUT2D eigenvalue weighted by atomic mass is 127. The highest BCUT2D eigenvalue weighted by molar-refractivity contribution is 14.0. The van der Waals surface area contributed by atoms with Crippen LogP contribution in [0.5, 0.6) is 0 Å². The smallest absolute Gasteiger partial charge is 0.191 e. The van der Waals surface area contributed by atoms with Crippen LogP contribution in [0.4, 0.5) is 0 Å². The van der Waals surface area contributed by atoms with Gasteiger partial charge in [-0.3, -0.25) is 4.68 Å². The Kier molecular flexibility index (Phi) is 8.56. The van der Waals surface area contributed by atoms with Crippen molar-refractivity contribution in [2.45, 2.75) is 31.7 Å². The average molecular weight is 483 g/mol. The van der Waals surface area contributed by atoms with E-state index < -0.39 is 0 Å². The number of hydrogen-bond acceptors (Lipinski definition) is 3. The minimum absolute atomic E-state index is 0. The Morgan fingerprint density at radius 1 is 1.19 bits per heavy atom. The molecule has 1 aromatic heterocycles. The first-order chi connectivity index (χ1) is 12.7. The van der Waals surface area contributed by atoms with Gasteiger partial charge in [0.05, 0.1) is 12.2 Å². The zero-order chi connectivity index (χ0) is 18.2. The molecule has 2 heterocycles. The van der Waals surface area contributed by atoms with Gasteiger partial charge in [0.1, 0.15) is 0 Å². The van der Waals surface area contributed by atoms with Crippen molar-refractivity contribution in [1.82, 2.24) is 20.4 Å². The van der Waals surface area contributed by atoms with Gasteiger partial charge in [0.2, 0.25) is 0 Å². The lowest BCUT2D eigenvalue weighted by atomic mass is 9.74. The van der Waals surface area contributed by atoms with Gasteiger partial charge in [-0.05, 0) is 31.4 Å². The summed E-state index contributed by atoms with van der Waals surface area (Å²) >= 11 is 0. The average Bonchev–Trinajstić information content (AvgIpc) is 3.10. The Morgan fingerprint density at radius 2 is 1.93 bits per heavy atom. The van der Waals surface area contributed by atoms with Crippen LogP contribution in [0, 0.1) is 0 Å². The van der Waals surface area contributed by atoms with Gasteiger partial charge in [-0.1, -0.05) is 30.3 Å². The molecule has 1 aromatic carbocycles. The number of nitrogens with zero attached hydrogens (tertiary/aromatic N) is 3. The van der Waals surface area contributed by atoms with Gasteiger partial charge >= 0.3 is 0 Å². The Labute approximate surface area is 178 Å². The fourth-order valence-corrected chi connectivity index (χ4v) is 3.43. The number of hydrogen-bond donors (Lipinski definition) is 2. The normalized spacial score (nSPS) is 16.4. The number of nitrogens with one attached hydrogen (secondary N) is 2. The second-order valence-electron chi connectivity index (χ2n) is 6.75. The summed E-state index contributed by atoms with van der Waals surface area (Å²) in [6.45, 7) is 5.98. The van der Waals surface area contributed by atoms with Gasteiger partial charge in [-0.2, -0.15) is 5.10 Å². The van der Waals surface area contributed by atoms with Gasteiger partial charge in [0, 0.05) is 45.0 Å². The molecule has 6 nitrogen and oxygen atoms in total. The number of halogens is 1. The number of rotatable bonds is 6. The van der Waals surface area contributed by atoms with Crippen LogP contribution in [0.2, 0.25) is 0 Å². The van der Waals surface area contributed by atoms with Gasteiger partial charge < -0.3 is 15.4 Å². The second kappa shape index (κ2) is 10.7. The molecule has 27 heavy (non-hydrogen) atoms. The lowest BCUT2D eigenvalue weighted by Crippen LogP contribution is -2.48. The molecule has 2 aromatic rings. The molecule has 2 N–H and O–H groups in total. The molecular formula is C20H30IN5O. The Balaban J connectivity index is 0.00000261. The van der Waals surface area contributed by atoms with E-state index >= 15 is 0 Å². The fourth-order valence-electron chi connectivity index (χ4n) is 3.43. The minimum atomic E-state index is 0. The van der Waals surface area contributed by atoms with Crippen molar-refractivity contribution in [3.8, 4) is 0 Å². The third-order valence-electron chi connectivity index (χ3n) is 5.10. The number of aryl methyl sites for hydroxylation is 1. The summed E-state index contributed by atoms with van der Waals surface area (Å²) in [6.07, 6.45) is 3.84. The first-order valence-corrected chi connectivity index (χ1v) is 9.36. The largest absolute Gasteiger partial charge is 0.381 e. The number of aliphatic imine (C=N–C) groups is 1. The standard InChI is InChI=1S/C20H29N5O.HI/c1-3-21-19(22-15-18-9-12-24-25(18)2)23-16-20(10-13-26-14-11-20)17-7-5-4-6-8-17;/h4-9,12H,3,10-11,13-16H2,1-2H3,(H2,21,22,23);1H. The monoisotopic (exact) mass is 483 g/mol. The van der Waals surface area contributed by atoms with Crippen molar-refractivity contribution in [3.63, 3.8) is 0 Å². The quantitative estimate of drug-likeness (QED) is 0.377. The third-order valence-corrected chi connectivity index (χ3v) is 5.10. The Morgan fingerprint density at radius 3 is 2.56 bits per heavy atom. The van der Waals surface area contributed by atoms with Gasteiger partial charge in [-0.15, -0.1) is 24.0 Å². The molecule has 0 unspecified atom stereocenters. The van der Waals surface area contributed by atoms with Crippen LogP contribution >= 0.6 is 24.0 Å². The topological polar surface area (TPSA) is 63.5 Å². The van der Waals surface area contributed by atoms with E-state index in [1.165, 1.54) is 5.56 Å². The van der Waals surface area contributed by atoms with Crippen LogP contribution in [-0.2, 0) is 23.7 Å². The van der Waals surface area contributed by atoms with E-state index in [-0.39, 0.29) is 29.4 Å². The molecule has 0 saturated carbocycles. The molecule has 1 aliphatic heterocycles. The van der Waals surface area contributed by atoms with E-state index in [9.17, 15) is 0 Å². The number of guanidine groups is 1. The van der Waals surface area contributed by atoms with E-state index in [0.717, 1.165) is 50.8 Å². The molecule has 7 heteroatoms. The second-order valence-corrected chi connectivity index (χ2v) is 6.75. The van der Waals surface area contributed by atoms with Gasteiger partial charge in [0.15, 0.2) is 5.96 Å². The molecule has 0 aliphatic carbocycles. The van der Waals surface area contributed by atoms with Crippen LogP contribution in [0.15, 0.2) is 47.6 Å². The molecule has 0 spiro atoms. The molecule has 148 valence electrons. The van der Waals surface area contributed by atoms with Crippen LogP contribution < -0.4 is 10.6 Å². The molecule has 0 atom stereocenters. The predicted octanol–water partition coefficient (Wildman–Crippen LogP) is 2.84. The van der Waals surface area contributed by atoms with Crippen LogP contribution in [0.25, 0.3) is 0 Å². The van der Waals surface area contributed by atoms with Crippen LogP contribution in [0.1, 0.15) is 31.0 Å². The molecule has 0 bridgehead atoms. The van der Waals surface area contributed by atoms with E-state index in [1.807, 2.05) is 17.8 Å². The van der Waals surface area contributed by atoms with E-state index in [2.05, 4.69) is 53.0 Å². The summed E-state index contributed by atoms with van der Waals surface area (Å²) in [5.41, 5.74) is 2.55. The summed E-state index contributed by atoms with van der Waals surface area (Å²) in [5, 5.41) is 11.1. The van der Waals surface area contributed by atoms with E-state index in [1.54, 1.807) is 6.20 Å². The lowest BCUT2D eigenvalue weighted by molar-refractivity contribution is 0.0514. The minimum Gasteiger partial charge on any atom is -0.381 e. The van der Waals surface area contributed by atoms with Crippen molar-refractivity contribution in [1.29, 1.82) is 0 Å². The molecule has 3 rings (SSSR count). The van der Waals surface area contributed by atoms with Crippen LogP contribution in [0.3, 0.4) is 0 Å². The van der Waals surface area contributed by atoms with Gasteiger partial charge in [-0.25, -0.2) is 4.99 Å². The van der Waals surface area contributed by atoms with E-state index in [0.29, 0.717) is 6.54 Å². The molecule has 0 amide bonds. The number of ether oxygens (including phenoxy) is 1. The maximum atomic E-state index is 5.63. The first-order valence-electron chi connectivity index (χ1n) is 9.36. The lowest BCUT2D eigenvalue weighted by Gasteiger charge is -2.38. The fraction of sp³-hybridized carbons (Fsp3) is 0.500. The maximum absolute atomic E-state index is 5.63. The van der Waals surface area contributed by atoms with Gasteiger partial charge in [0.25, 0.3) is 0 Å². The van der Waals surface area contributed by atoms with Crippen LogP contribution in [-0.4, -0.2) is 42.0 Å². The molecule has 1 aliphatic rings. The van der Waals surface area contributed by atoms with Crippen molar-refractivity contribution < 1.29 is 4.74 Å². The zero-order valence-corrected chi connectivity index (χ0v) is 18.5. The van der Waals surface area contributed by atoms with Crippen molar-refractivity contribution in [2.75, 3.05) is 26.3 Å². The highest BCUT2D eigenvalue weighted by Crippen LogP contribution is 2.34. The maximum Gasteiger partial charge on any atom is 0.191 e. The third kappa shape index (κ3) is 5.68. The molecule has 0 radical (unpaired) electrons. The Hall–Kier alpha value is -1.61.